The van der Waals surface area contributed by atoms with Crippen LogP contribution in [0, 0.1) is 443 Å². The Morgan fingerprint density at radius 3 is 0.327 bits per heavy atom. The molecule has 0 bridgehead atoms. The molecule has 60 rings (SSSR count). The third-order valence-corrected chi connectivity index (χ3v) is 73.6. The molecule has 60 aliphatic carbocycles. The van der Waals surface area contributed by atoms with E-state index in [-0.39, 0.29) is 247 Å². The van der Waals surface area contributed by atoms with Crippen molar-refractivity contribution < 1.29 is 153 Å². The molecule has 12 heteroatoms. The monoisotopic (exact) mass is 1770 g/mol. The average molecular weight is 1770 g/mol. The minimum absolute atomic E-state index is 0. The van der Waals surface area contributed by atoms with E-state index in [9.17, 15) is 0 Å². The van der Waals surface area contributed by atoms with Gasteiger partial charge in [0, 0.05) is 51.2 Å². The van der Waals surface area contributed by atoms with Crippen LogP contribution in [0.2, 0.25) is 0 Å². The molecule has 63 atom stereocenters. The number of hydrogen-bond acceptors (Lipinski definition) is 0. The van der Waals surface area contributed by atoms with E-state index in [4.69, 9.17) is 0 Å². The van der Waals surface area contributed by atoms with Gasteiger partial charge in [0.2, 0.25) is 0 Å². The van der Waals surface area contributed by atoms with Crippen LogP contribution in [-0.4, -0.2) is 53.9 Å². The normalized spacial score (nSPS) is 113. The fourth-order valence-corrected chi connectivity index (χ4v) is 90.5. The van der Waals surface area contributed by atoms with Crippen molar-refractivity contribution in [2.24, 2.45) is 443 Å². The Morgan fingerprint density at radius 1 is 0.163 bits per heavy atom. The van der Waals surface area contributed by atoms with Crippen LogP contribution in [0.4, 0.5) is 0 Å². The smallest absolute Gasteiger partial charge is 1.00 e. The summed E-state index contributed by atoms with van der Waals surface area (Å²) in [6.45, 7) is 4.00. The summed E-state index contributed by atoms with van der Waals surface area (Å²) in [5.74, 6) is 57.1. The second-order valence-corrected chi connectivity index (χ2v) is 56.3. The first-order valence-electron chi connectivity index (χ1n) is 45.7. The van der Waals surface area contributed by atoms with Gasteiger partial charge in [-0.3, -0.25) is 0 Å². The maximum absolute atomic E-state index is 2.00. The summed E-state index contributed by atoms with van der Waals surface area (Å²) in [4.78, 5) is 0. The Bertz CT molecular complexity index is 4880. The summed E-state index contributed by atoms with van der Waals surface area (Å²) < 4.78 is 0. The van der Waals surface area contributed by atoms with Gasteiger partial charge in [0.15, 0.2) is 0 Å². The van der Waals surface area contributed by atoms with Gasteiger partial charge in [-0.25, -0.2) is 0 Å². The molecule has 0 aromatic rings. The Hall–Kier alpha value is 7.28. The molecule has 0 nitrogen and oxygen atoms in total. The molecule has 60 saturated carbocycles. The fraction of sp³-hybridized carbons (Fsp3) is 1.00. The van der Waals surface area contributed by atoms with Gasteiger partial charge < -0.3 is 12.8 Å². The quantitative estimate of drug-likeness (QED) is 0.293. The molecule has 0 N–H and O–H groups in total. The maximum atomic E-state index is 2.00. The van der Waals surface area contributed by atoms with Crippen LogP contribution in [0.1, 0.15) is 104 Å². The van der Waals surface area contributed by atoms with Crippen LogP contribution in [-0.2, 0) is 51.2 Å². The molecule has 0 saturated heterocycles. The van der Waals surface area contributed by atoms with Crippen LogP contribution < -0.4 is 88.7 Å². The van der Waals surface area contributed by atoms with Crippen LogP contribution >= 0.6 is 40.5 Å². The van der Waals surface area contributed by atoms with Gasteiger partial charge in [-0.05, 0) is 521 Å². The number of rotatable bonds is 0. The Morgan fingerprint density at radius 2 is 0.240 bits per heavy atom. The Kier molecular flexibility index (Phi) is 5.45. The van der Waals surface area contributed by atoms with Crippen LogP contribution in [0.25, 0.3) is 0 Å². The van der Waals surface area contributed by atoms with E-state index < -0.39 is 0 Å². The number of fused-ring (bicyclic) bond motifs is 30. The first-order valence-corrected chi connectivity index (χ1v) is 45.7. The molecule has 60 fully saturated rings. The minimum atomic E-state index is 0. The van der Waals surface area contributed by atoms with E-state index in [2.05, 4.69) is 0 Å². The van der Waals surface area contributed by atoms with Crippen molar-refractivity contribution in [1.82, 2.24) is 0 Å². The third-order valence-electron chi connectivity index (χ3n) is 73.6. The predicted molar refractivity (Wildman–Crippen MR) is 372 cm³/mol. The third kappa shape index (κ3) is 1.63. The molecule has 63 unspecified atom stereocenters. The van der Waals surface area contributed by atoms with Crippen molar-refractivity contribution in [1.29, 1.82) is 0 Å². The van der Waals surface area contributed by atoms with E-state index in [1.54, 1.807) is 77.0 Å². The first-order chi connectivity index (χ1) is 45.7. The molecule has 0 amide bonds. The molecule has 36 spiro atoms. The molecule has 104 heavy (non-hydrogen) atoms. The topological polar surface area (TPSA) is 0 Å². The SMILES string of the molecule is C1C2C3C4CC5C6C7C8CC9C%10C%11CC%12C%13C%14C1C21C32C45C63C74C98C%105C%11%12C%136C%141C23C564.C1C2C3C4CC5C6C7C8CC9C%10C%11CC%12C%13C%14C1C21C32C45C63C74C98C%105C%11%12C%136C%141C23C564.C1C2C3C4CC5C6C7C8CC9C%10C%11CC%12C%13C%14C1C21C32C45C63C74C98C%105C%11%12C%136C%141C23C564.CC.S.S.S.[3H-].[3H-].[3H-].[3H-].[3H-].[3H-].[AsH3].[AsH3].[AsH3].[Fe].[Fe].[Fe].[H-].[H-].[H-].[Na+].[Na+].[Na+]. The summed E-state index contributed by atoms with van der Waals surface area (Å²) in [7, 11) is 0. The summed E-state index contributed by atoms with van der Waals surface area (Å²) in [6, 6.07) is 0. The van der Waals surface area contributed by atoms with Gasteiger partial charge in [0.25, 0.3) is 0 Å². The van der Waals surface area contributed by atoms with Crippen LogP contribution in [0.3, 0.4) is 0 Å². The maximum Gasteiger partial charge on any atom is 1.00 e. The zero-order valence-electron chi connectivity index (χ0n) is 69.4. The van der Waals surface area contributed by atoms with Crippen molar-refractivity contribution in [3.63, 3.8) is 0 Å². The van der Waals surface area contributed by atoms with Gasteiger partial charge >= 0.3 is 143 Å². The zero-order chi connectivity index (χ0) is 52.7. The molecule has 0 aromatic heterocycles. The van der Waals surface area contributed by atoms with Gasteiger partial charge in [-0.15, -0.1) is 0 Å². The minimum Gasteiger partial charge on any atom is -1.00 e. The second kappa shape index (κ2) is 10.1. The van der Waals surface area contributed by atoms with E-state index in [0.29, 0.717) is 0 Å². The van der Waals surface area contributed by atoms with E-state index in [1.165, 1.54) is 249 Å². The average Bonchev–Trinajstić information content (AvgIpc) is 0.456. The molecule has 60 aliphatic rings. The molecule has 0 radical (unpaired) electrons. The summed E-state index contributed by atoms with van der Waals surface area (Å²) in [6.07, 6.45) is 21.5. The van der Waals surface area contributed by atoms with E-state index in [0.717, 1.165) is 195 Å². The number of hydrogen-bond donors (Lipinski definition) is 0. The zero-order valence-corrected chi connectivity index (χ0v) is 81.6. The van der Waals surface area contributed by atoms with Gasteiger partial charge in [0.05, 0.1) is 0 Å². The van der Waals surface area contributed by atoms with Crippen molar-refractivity contribution in [3.05, 3.63) is 0 Å². The Labute approximate surface area is 771 Å². The molecule has 0 heterocycles. The van der Waals surface area contributed by atoms with Gasteiger partial charge in [-0.1, -0.05) is 13.8 Å². The molecular weight excluding hydrogens is 1660 g/mol. The van der Waals surface area contributed by atoms with Gasteiger partial charge in [-0.2, -0.15) is 40.5 Å². The molecule has 0 aromatic carbocycles. The summed E-state index contributed by atoms with van der Waals surface area (Å²) >= 11 is 0. The summed E-state index contributed by atoms with van der Waals surface area (Å²) in [5, 5.41) is 0. The van der Waals surface area contributed by atoms with Crippen LogP contribution in [0.5, 0.6) is 0 Å². The standard InChI is InChI=1S/3C30H22.C2H6.3AsH3.3Fe.3Na.3H2S.9H/c3*1-5-13-6-2-11-17-18-12-4-8-14-7-3-10-16-15-9(1)19(5)23(13)20(6,11)27(17)28(18)22(8,12)24(14)21(7,10)26(16)25(15,19)29(23,27)30(24,26)28;1-2;;;;;;;;;;;;;;;;;;;;;/h3*5-18H,1-4H2;1-2H3;3*1H3;;;;;;;3*1H2;;;;;;;;;/q;;;;;;;;;;3*+1;;;;9*-1/i;;;;;;;;;;;;;;;;6*1+2;;;. The van der Waals surface area contributed by atoms with E-state index in [1.807, 2.05) is 13.8 Å². The largest absolute Gasteiger partial charge is 1.00 e. The van der Waals surface area contributed by atoms with Crippen molar-refractivity contribution >= 4 is 94.3 Å². The van der Waals surface area contributed by atoms with Gasteiger partial charge in [0.1, 0.15) is 0 Å². The van der Waals surface area contributed by atoms with E-state index >= 15 is 0 Å². The molecule has 530 valence electrons. The summed E-state index contributed by atoms with van der Waals surface area (Å²) in [5.41, 5.74) is 40.3. The molecule has 0 aliphatic heterocycles. The first kappa shape index (κ1) is 56.1. The molecular formula is C92H96As3Fe3Na3S3-6. The predicted octanol–water partition coefficient (Wildman–Crippen LogP) is -0.323. The van der Waals surface area contributed by atoms with Crippen molar-refractivity contribution in [2.45, 2.75) is 90.9 Å². The fourth-order valence-electron chi connectivity index (χ4n) is 90.5. The van der Waals surface area contributed by atoms with Crippen molar-refractivity contribution in [2.75, 3.05) is 0 Å². The second-order valence-electron chi connectivity index (χ2n) is 56.3. The van der Waals surface area contributed by atoms with Crippen LogP contribution in [0.15, 0.2) is 0 Å². The van der Waals surface area contributed by atoms with Crippen molar-refractivity contribution in [3.8, 4) is 0 Å². The Balaban J connectivity index is 0.0000000712.